The molecule has 1 atom stereocenters. The minimum atomic E-state index is -0.577. The number of nitrogen functional groups attached to an aromatic ring is 1. The third kappa shape index (κ3) is 4.11. The van der Waals surface area contributed by atoms with E-state index in [0.717, 1.165) is 40.2 Å². The normalized spacial score (nSPS) is 13.0. The van der Waals surface area contributed by atoms with Crippen LogP contribution in [-0.4, -0.2) is 16.1 Å². The van der Waals surface area contributed by atoms with E-state index >= 15 is 0 Å². The van der Waals surface area contributed by atoms with Crippen molar-refractivity contribution in [1.29, 1.82) is 10.5 Å². The maximum atomic E-state index is 14.0. The molecular formula is C28H21N5OS2. The van der Waals surface area contributed by atoms with Gasteiger partial charge in [0, 0.05) is 10.4 Å². The average Bonchev–Trinajstić information content (AvgIpc) is 3.37. The number of anilines is 3. The lowest BCUT2D eigenvalue weighted by Gasteiger charge is -2.27. The van der Waals surface area contributed by atoms with Crippen LogP contribution in [0.15, 0.2) is 71.1 Å². The monoisotopic (exact) mass is 507 g/mol. The Kier molecular flexibility index (Phi) is 6.47. The van der Waals surface area contributed by atoms with Crippen molar-refractivity contribution in [2.45, 2.75) is 30.0 Å². The molecule has 0 fully saturated rings. The van der Waals surface area contributed by atoms with Gasteiger partial charge >= 0.3 is 0 Å². The van der Waals surface area contributed by atoms with Crippen LogP contribution in [0.3, 0.4) is 0 Å². The van der Waals surface area contributed by atoms with Crippen LogP contribution in [0.4, 0.5) is 17.2 Å². The first-order valence-electron chi connectivity index (χ1n) is 11.4. The molecule has 176 valence electrons. The Hall–Kier alpha value is -4.11. The SMILES string of the molecule is CC(Sc1nc(N)c(C#N)c(-c2cccs2)c1C#N)C(=O)N1c2ccccc2CCc2ccccc21. The molecular weight excluding hydrogens is 486 g/mol. The van der Waals surface area contributed by atoms with Crippen molar-refractivity contribution in [3.63, 3.8) is 0 Å². The van der Waals surface area contributed by atoms with E-state index in [2.05, 4.69) is 29.3 Å². The Morgan fingerprint density at radius 1 is 1.00 bits per heavy atom. The van der Waals surface area contributed by atoms with Crippen LogP contribution in [-0.2, 0) is 17.6 Å². The number of nitriles is 2. The molecule has 1 amide bonds. The molecule has 2 aromatic carbocycles. The first-order chi connectivity index (χ1) is 17.5. The lowest BCUT2D eigenvalue weighted by Crippen LogP contribution is -2.33. The number of rotatable bonds is 4. The fourth-order valence-electron chi connectivity index (χ4n) is 4.47. The first-order valence-corrected chi connectivity index (χ1v) is 13.1. The van der Waals surface area contributed by atoms with Gasteiger partial charge in [0.15, 0.2) is 0 Å². The lowest BCUT2D eigenvalue weighted by molar-refractivity contribution is -0.117. The first kappa shape index (κ1) is 23.6. The summed E-state index contributed by atoms with van der Waals surface area (Å²) in [6.07, 6.45) is 1.68. The number of amides is 1. The van der Waals surface area contributed by atoms with Crippen molar-refractivity contribution >= 4 is 46.2 Å². The topological polar surface area (TPSA) is 107 Å². The summed E-state index contributed by atoms with van der Waals surface area (Å²) in [5.74, 6) is -0.0689. The highest BCUT2D eigenvalue weighted by Crippen LogP contribution is 2.41. The van der Waals surface area contributed by atoms with Gasteiger partial charge in [-0.3, -0.25) is 9.69 Å². The lowest BCUT2D eigenvalue weighted by atomic mass is 10.0. The highest BCUT2D eigenvalue weighted by atomic mass is 32.2. The Morgan fingerprint density at radius 3 is 2.17 bits per heavy atom. The highest BCUT2D eigenvalue weighted by molar-refractivity contribution is 8.00. The number of fused-ring (bicyclic) bond motifs is 2. The largest absolute Gasteiger partial charge is 0.383 e. The number of thiophene rings is 1. The molecule has 1 unspecified atom stereocenters. The van der Waals surface area contributed by atoms with Crippen LogP contribution in [0, 0.1) is 22.7 Å². The second kappa shape index (κ2) is 9.87. The molecule has 2 N–H and O–H groups in total. The van der Waals surface area contributed by atoms with Gasteiger partial charge in [-0.15, -0.1) is 11.3 Å². The minimum absolute atomic E-state index is 0.0486. The molecule has 0 radical (unpaired) electrons. The van der Waals surface area contributed by atoms with E-state index in [9.17, 15) is 15.3 Å². The van der Waals surface area contributed by atoms with Gasteiger partial charge in [-0.05, 0) is 54.5 Å². The number of nitrogens with zero attached hydrogens (tertiary/aromatic N) is 4. The van der Waals surface area contributed by atoms with Gasteiger partial charge in [0.1, 0.15) is 28.5 Å². The number of aryl methyl sites for hydroxylation is 2. The zero-order chi connectivity index (χ0) is 25.2. The number of para-hydroxylation sites is 2. The van der Waals surface area contributed by atoms with Crippen molar-refractivity contribution in [2.75, 3.05) is 10.6 Å². The van der Waals surface area contributed by atoms with Gasteiger partial charge in [-0.2, -0.15) is 10.5 Å². The smallest absolute Gasteiger partial charge is 0.244 e. The van der Waals surface area contributed by atoms with E-state index in [1.165, 1.54) is 23.1 Å². The Morgan fingerprint density at radius 2 is 1.61 bits per heavy atom. The zero-order valence-electron chi connectivity index (χ0n) is 19.4. The fraction of sp³-hybridized carbons (Fsp3) is 0.143. The number of hydrogen-bond acceptors (Lipinski definition) is 7. The van der Waals surface area contributed by atoms with Crippen molar-refractivity contribution in [1.82, 2.24) is 4.98 Å². The summed E-state index contributed by atoms with van der Waals surface area (Å²) in [5, 5.41) is 21.4. The molecule has 0 spiro atoms. The number of hydrogen-bond donors (Lipinski definition) is 1. The third-order valence-corrected chi connectivity index (χ3v) is 8.13. The number of aromatic nitrogens is 1. The minimum Gasteiger partial charge on any atom is -0.383 e. The molecule has 0 bridgehead atoms. The fourth-order valence-corrected chi connectivity index (χ4v) is 6.21. The predicted molar refractivity (Wildman–Crippen MR) is 144 cm³/mol. The quantitative estimate of drug-likeness (QED) is 0.336. The number of carbonyl (C=O) groups is 1. The molecule has 3 heterocycles. The molecule has 0 saturated heterocycles. The van der Waals surface area contributed by atoms with Crippen LogP contribution in [0.1, 0.15) is 29.2 Å². The standard InChI is InChI=1S/C28H21N5OS2/c1-17(36-27-21(16-30)25(24-11-6-14-35-24)20(15-29)26(31)32-27)28(34)33-22-9-4-2-7-18(22)12-13-19-8-3-5-10-23(19)33/h2-11,14,17H,12-13H2,1H3,(H2,31,32). The van der Waals surface area contributed by atoms with Crippen LogP contribution in [0.5, 0.6) is 0 Å². The maximum Gasteiger partial charge on any atom is 0.244 e. The molecule has 0 saturated carbocycles. The molecule has 1 aliphatic heterocycles. The Labute approximate surface area is 217 Å². The number of nitrogens with two attached hydrogens (primary N) is 1. The number of benzene rings is 2. The summed E-state index contributed by atoms with van der Waals surface area (Å²) in [6.45, 7) is 1.81. The molecule has 4 aromatic rings. The third-order valence-electron chi connectivity index (χ3n) is 6.17. The molecule has 36 heavy (non-hydrogen) atoms. The van der Waals surface area contributed by atoms with Crippen molar-refractivity contribution in [3.05, 3.63) is 88.3 Å². The van der Waals surface area contributed by atoms with Gasteiger partial charge in [0.2, 0.25) is 5.91 Å². The van der Waals surface area contributed by atoms with Gasteiger partial charge in [-0.25, -0.2) is 4.98 Å². The van der Waals surface area contributed by atoms with E-state index < -0.39 is 5.25 Å². The van der Waals surface area contributed by atoms with E-state index in [4.69, 9.17) is 5.73 Å². The van der Waals surface area contributed by atoms with E-state index in [-0.39, 0.29) is 22.9 Å². The summed E-state index contributed by atoms with van der Waals surface area (Å²) in [6, 6.07) is 23.9. The van der Waals surface area contributed by atoms with Gasteiger partial charge in [0.05, 0.1) is 22.2 Å². The molecule has 2 aromatic heterocycles. The van der Waals surface area contributed by atoms with Crippen LogP contribution in [0.25, 0.3) is 10.4 Å². The van der Waals surface area contributed by atoms with Gasteiger partial charge in [-0.1, -0.05) is 54.2 Å². The Balaban J connectivity index is 1.57. The van der Waals surface area contributed by atoms with Crippen LogP contribution < -0.4 is 10.6 Å². The summed E-state index contributed by atoms with van der Waals surface area (Å²) in [4.78, 5) is 20.9. The van der Waals surface area contributed by atoms with Crippen LogP contribution in [0.2, 0.25) is 0 Å². The molecule has 1 aliphatic rings. The van der Waals surface area contributed by atoms with Crippen molar-refractivity contribution < 1.29 is 4.79 Å². The predicted octanol–water partition coefficient (Wildman–Crippen LogP) is 6.08. The van der Waals surface area contributed by atoms with E-state index in [0.29, 0.717) is 10.6 Å². The molecule has 0 aliphatic carbocycles. The Bertz CT molecular complexity index is 1500. The second-order valence-corrected chi connectivity index (χ2v) is 10.6. The number of thioether (sulfide) groups is 1. The number of carbonyl (C=O) groups excluding carboxylic acids is 1. The van der Waals surface area contributed by atoms with Crippen molar-refractivity contribution in [3.8, 4) is 22.6 Å². The zero-order valence-corrected chi connectivity index (χ0v) is 21.1. The molecule has 6 nitrogen and oxygen atoms in total. The summed E-state index contributed by atoms with van der Waals surface area (Å²) < 4.78 is 0. The maximum absolute atomic E-state index is 14.0. The highest BCUT2D eigenvalue weighted by Gasteiger charge is 2.31. The van der Waals surface area contributed by atoms with Gasteiger partial charge < -0.3 is 5.73 Å². The second-order valence-electron chi connectivity index (χ2n) is 8.32. The summed E-state index contributed by atoms with van der Waals surface area (Å²) >= 11 is 2.61. The van der Waals surface area contributed by atoms with E-state index in [1.807, 2.05) is 60.8 Å². The average molecular weight is 508 g/mol. The van der Waals surface area contributed by atoms with Crippen molar-refractivity contribution in [2.24, 2.45) is 0 Å². The van der Waals surface area contributed by atoms with Crippen LogP contribution >= 0.6 is 23.1 Å². The van der Waals surface area contributed by atoms with E-state index in [1.54, 1.807) is 4.90 Å². The number of pyridine rings is 1. The summed E-state index contributed by atoms with van der Waals surface area (Å²) in [5.41, 5.74) is 11.0. The summed E-state index contributed by atoms with van der Waals surface area (Å²) in [7, 11) is 0. The molecule has 8 heteroatoms. The molecule has 5 rings (SSSR count). The van der Waals surface area contributed by atoms with Gasteiger partial charge in [0.25, 0.3) is 0 Å².